The fourth-order valence-electron chi connectivity index (χ4n) is 5.19. The van der Waals surface area contributed by atoms with Gasteiger partial charge in [0.05, 0.1) is 6.33 Å². The molecule has 1 aliphatic rings. The molecule has 0 saturated carbocycles. The molecule has 2 atom stereocenters. The van der Waals surface area contributed by atoms with Crippen LogP contribution in [-0.4, -0.2) is 57.5 Å². The molecule has 0 spiro atoms. The second kappa shape index (κ2) is 12.8. The molecular weight excluding hydrogens is 548 g/mol. The number of hydrogen-bond donors (Lipinski definition) is 4. The SMILES string of the molecule is CC(C)(C)OC(=O)NC(C)(C)C(=O)NCc1ccccc1C(=O)Nc1cn(C(C=O)(c2ccccc2)C2CCCN2)cn1. The fraction of sp³-hybridized carbons (Fsp3) is 0.406. The lowest BCUT2D eigenvalue weighted by Crippen LogP contribution is -2.55. The highest BCUT2D eigenvalue weighted by Crippen LogP contribution is 2.33. The predicted molar refractivity (Wildman–Crippen MR) is 163 cm³/mol. The number of aldehydes is 1. The second-order valence-electron chi connectivity index (χ2n) is 12.2. The largest absolute Gasteiger partial charge is 0.444 e. The summed E-state index contributed by atoms with van der Waals surface area (Å²) in [5.41, 5.74) is -1.26. The van der Waals surface area contributed by atoms with E-state index in [-0.39, 0.29) is 18.4 Å². The Balaban J connectivity index is 1.48. The number of rotatable bonds is 10. The molecule has 0 aliphatic carbocycles. The Hall–Kier alpha value is -4.51. The number of carbonyl (C=O) groups is 4. The van der Waals surface area contributed by atoms with Gasteiger partial charge in [-0.2, -0.15) is 0 Å². The third-order valence-corrected chi connectivity index (χ3v) is 7.34. The van der Waals surface area contributed by atoms with Crippen molar-refractivity contribution in [2.45, 2.75) is 76.7 Å². The summed E-state index contributed by atoms with van der Waals surface area (Å²) >= 11 is 0. The third kappa shape index (κ3) is 7.29. The minimum absolute atomic E-state index is 0.0475. The molecule has 4 rings (SSSR count). The Bertz CT molecular complexity index is 1460. The summed E-state index contributed by atoms with van der Waals surface area (Å²) in [6.07, 6.45) is 5.22. The Kier molecular flexibility index (Phi) is 9.34. The number of imidazole rings is 1. The van der Waals surface area contributed by atoms with Gasteiger partial charge in [0.2, 0.25) is 5.91 Å². The van der Waals surface area contributed by atoms with Gasteiger partial charge in [0.15, 0.2) is 12.1 Å². The molecule has 0 bridgehead atoms. The van der Waals surface area contributed by atoms with E-state index >= 15 is 0 Å². The lowest BCUT2D eigenvalue weighted by Gasteiger charge is -2.36. The zero-order chi connectivity index (χ0) is 31.3. The highest BCUT2D eigenvalue weighted by atomic mass is 16.6. The number of anilines is 1. The van der Waals surface area contributed by atoms with Crippen LogP contribution in [0.2, 0.25) is 0 Å². The van der Waals surface area contributed by atoms with Crippen molar-refractivity contribution >= 4 is 30.0 Å². The normalized spacial score (nSPS) is 16.5. The van der Waals surface area contributed by atoms with E-state index < -0.39 is 34.6 Å². The molecule has 1 aromatic heterocycles. The van der Waals surface area contributed by atoms with E-state index in [1.807, 2.05) is 30.3 Å². The fourth-order valence-corrected chi connectivity index (χ4v) is 5.19. The highest BCUT2D eigenvalue weighted by molar-refractivity contribution is 6.05. The quantitative estimate of drug-likeness (QED) is 0.264. The summed E-state index contributed by atoms with van der Waals surface area (Å²) in [5, 5.41) is 11.7. The molecule has 1 fully saturated rings. The number of aromatic nitrogens is 2. The Labute approximate surface area is 251 Å². The number of benzene rings is 2. The first kappa shape index (κ1) is 31.4. The monoisotopic (exact) mass is 588 g/mol. The van der Waals surface area contributed by atoms with Gasteiger partial charge in [0, 0.05) is 24.3 Å². The lowest BCUT2D eigenvalue weighted by molar-refractivity contribution is -0.126. The summed E-state index contributed by atoms with van der Waals surface area (Å²) in [4.78, 5) is 55.7. The molecule has 2 unspecified atom stereocenters. The molecule has 3 amide bonds. The van der Waals surface area contributed by atoms with Crippen LogP contribution in [0.25, 0.3) is 0 Å². The van der Waals surface area contributed by atoms with E-state index in [9.17, 15) is 19.2 Å². The lowest BCUT2D eigenvalue weighted by atomic mass is 9.82. The number of hydrogen-bond acceptors (Lipinski definition) is 7. The number of nitrogens with zero attached hydrogens (tertiary/aromatic N) is 2. The molecule has 1 aliphatic heterocycles. The Morgan fingerprint density at radius 1 is 1.05 bits per heavy atom. The first-order chi connectivity index (χ1) is 20.4. The maximum atomic E-state index is 13.4. The van der Waals surface area contributed by atoms with Crippen LogP contribution >= 0.6 is 0 Å². The maximum absolute atomic E-state index is 13.4. The van der Waals surface area contributed by atoms with Crippen molar-refractivity contribution < 1.29 is 23.9 Å². The van der Waals surface area contributed by atoms with Crippen LogP contribution in [0.3, 0.4) is 0 Å². The number of ether oxygens (including phenoxy) is 1. The molecule has 11 heteroatoms. The Morgan fingerprint density at radius 3 is 2.40 bits per heavy atom. The van der Waals surface area contributed by atoms with E-state index in [1.165, 1.54) is 0 Å². The van der Waals surface area contributed by atoms with Crippen molar-refractivity contribution in [3.05, 3.63) is 83.8 Å². The molecule has 228 valence electrons. The van der Waals surface area contributed by atoms with Crippen LogP contribution in [-0.2, 0) is 26.4 Å². The van der Waals surface area contributed by atoms with Crippen molar-refractivity contribution in [3.8, 4) is 0 Å². The summed E-state index contributed by atoms with van der Waals surface area (Å²) in [6, 6.07) is 16.3. The summed E-state index contributed by atoms with van der Waals surface area (Å²) in [5.74, 6) is -0.581. The molecule has 2 heterocycles. The van der Waals surface area contributed by atoms with E-state index in [1.54, 1.807) is 76.0 Å². The van der Waals surface area contributed by atoms with Crippen LogP contribution in [0.5, 0.6) is 0 Å². The van der Waals surface area contributed by atoms with Gasteiger partial charge in [-0.25, -0.2) is 9.78 Å². The van der Waals surface area contributed by atoms with Gasteiger partial charge in [-0.3, -0.25) is 9.59 Å². The van der Waals surface area contributed by atoms with Crippen molar-refractivity contribution in [2.24, 2.45) is 0 Å². The van der Waals surface area contributed by atoms with Crippen LogP contribution in [0, 0.1) is 0 Å². The molecule has 0 radical (unpaired) electrons. The van der Waals surface area contributed by atoms with E-state index in [0.717, 1.165) is 31.2 Å². The average Bonchev–Trinajstić information content (AvgIpc) is 3.65. The van der Waals surface area contributed by atoms with Gasteiger partial charge in [-0.05, 0) is 71.2 Å². The molecule has 2 aromatic carbocycles. The highest BCUT2D eigenvalue weighted by Gasteiger charge is 2.43. The standard InChI is InChI=1S/C32H40N6O5/c1-30(2,3)43-29(42)37-31(4,5)28(41)34-18-22-12-9-10-15-24(22)27(40)36-26-19-38(21-35-26)32(20-39,25-16-11-17-33-25)23-13-7-6-8-14-23/h6-10,12-15,19-21,25,33H,11,16-18H2,1-5H3,(H,34,41)(H,36,40)(H,37,42). The first-order valence-electron chi connectivity index (χ1n) is 14.3. The number of alkyl carbamates (subject to hydrolysis) is 1. The number of nitrogens with one attached hydrogen (secondary N) is 4. The molecule has 11 nitrogen and oxygen atoms in total. The van der Waals surface area contributed by atoms with E-state index in [4.69, 9.17) is 4.74 Å². The third-order valence-electron chi connectivity index (χ3n) is 7.34. The van der Waals surface area contributed by atoms with Gasteiger partial charge < -0.3 is 35.4 Å². The average molecular weight is 589 g/mol. The summed E-state index contributed by atoms with van der Waals surface area (Å²) in [6.45, 7) is 9.20. The smallest absolute Gasteiger partial charge is 0.408 e. The first-order valence-corrected chi connectivity index (χ1v) is 14.3. The van der Waals surface area contributed by atoms with E-state index in [2.05, 4.69) is 26.3 Å². The topological polar surface area (TPSA) is 143 Å². The second-order valence-corrected chi connectivity index (χ2v) is 12.2. The zero-order valence-electron chi connectivity index (χ0n) is 25.3. The number of amides is 3. The van der Waals surface area contributed by atoms with Crippen LogP contribution in [0.4, 0.5) is 10.6 Å². The maximum Gasteiger partial charge on any atom is 0.408 e. The summed E-state index contributed by atoms with van der Waals surface area (Å²) in [7, 11) is 0. The zero-order valence-corrected chi connectivity index (χ0v) is 25.3. The number of carbonyl (C=O) groups excluding carboxylic acids is 4. The Morgan fingerprint density at radius 2 is 1.74 bits per heavy atom. The van der Waals surface area contributed by atoms with Crippen LogP contribution < -0.4 is 21.3 Å². The van der Waals surface area contributed by atoms with Crippen molar-refractivity contribution in [2.75, 3.05) is 11.9 Å². The minimum Gasteiger partial charge on any atom is -0.444 e. The summed E-state index contributed by atoms with van der Waals surface area (Å²) < 4.78 is 7.01. The van der Waals surface area contributed by atoms with Gasteiger partial charge in [-0.15, -0.1) is 0 Å². The van der Waals surface area contributed by atoms with Gasteiger partial charge in [0.25, 0.3) is 5.91 Å². The molecule has 4 N–H and O–H groups in total. The molecule has 1 saturated heterocycles. The van der Waals surface area contributed by atoms with E-state index in [0.29, 0.717) is 11.1 Å². The predicted octanol–water partition coefficient (Wildman–Crippen LogP) is 3.75. The minimum atomic E-state index is -1.26. The van der Waals surface area contributed by atoms with Crippen molar-refractivity contribution in [1.29, 1.82) is 0 Å². The van der Waals surface area contributed by atoms with Crippen LogP contribution in [0.15, 0.2) is 67.1 Å². The van der Waals surface area contributed by atoms with Crippen molar-refractivity contribution in [3.63, 3.8) is 0 Å². The van der Waals surface area contributed by atoms with Gasteiger partial charge >= 0.3 is 6.09 Å². The molecule has 43 heavy (non-hydrogen) atoms. The van der Waals surface area contributed by atoms with Crippen LogP contribution in [0.1, 0.15) is 68.9 Å². The molecular formula is C32H40N6O5. The molecule has 3 aromatic rings. The van der Waals surface area contributed by atoms with Crippen molar-refractivity contribution in [1.82, 2.24) is 25.5 Å². The van der Waals surface area contributed by atoms with Gasteiger partial charge in [0.1, 0.15) is 16.7 Å². The van der Waals surface area contributed by atoms with Gasteiger partial charge in [-0.1, -0.05) is 48.5 Å².